The predicted molar refractivity (Wildman–Crippen MR) is 87.4 cm³/mol. The number of aromatic nitrogens is 1. The number of hydrogen-bond acceptors (Lipinski definition) is 4. The predicted octanol–water partition coefficient (Wildman–Crippen LogP) is 2.86. The van der Waals surface area contributed by atoms with Gasteiger partial charge in [-0.15, -0.1) is 0 Å². The van der Waals surface area contributed by atoms with Crippen LogP contribution in [0.4, 0.5) is 11.4 Å². The van der Waals surface area contributed by atoms with Crippen molar-refractivity contribution in [3.63, 3.8) is 0 Å². The number of nitrogens with two attached hydrogens (primary N) is 1. The maximum absolute atomic E-state index is 6.33. The summed E-state index contributed by atoms with van der Waals surface area (Å²) in [5.74, 6) is 0. The minimum atomic E-state index is 0.542. The van der Waals surface area contributed by atoms with Gasteiger partial charge in [0.25, 0.3) is 0 Å². The summed E-state index contributed by atoms with van der Waals surface area (Å²) < 4.78 is 0. The molecule has 1 aromatic heterocycles. The standard InChI is InChI=1S/C17H22N4/c18-17-14-4-1-8-19-15(14)5-6-16(17)20-12-7-10-21-9-2-3-13(21)11-12/h1,4-6,8,12-13,20H,2-3,7,9-11,18H2. The van der Waals surface area contributed by atoms with Gasteiger partial charge in [-0.2, -0.15) is 0 Å². The summed E-state index contributed by atoms with van der Waals surface area (Å²) in [6.45, 7) is 2.51. The topological polar surface area (TPSA) is 54.2 Å². The van der Waals surface area contributed by atoms with Gasteiger partial charge < -0.3 is 16.0 Å². The molecule has 2 unspecified atom stereocenters. The molecule has 1 aromatic carbocycles. The Hall–Kier alpha value is -1.81. The van der Waals surface area contributed by atoms with Crippen molar-refractivity contribution in [3.8, 4) is 0 Å². The fraction of sp³-hybridized carbons (Fsp3) is 0.471. The molecule has 2 aliphatic rings. The van der Waals surface area contributed by atoms with E-state index in [-0.39, 0.29) is 0 Å². The molecule has 0 spiro atoms. The van der Waals surface area contributed by atoms with E-state index in [0.29, 0.717) is 6.04 Å². The van der Waals surface area contributed by atoms with Gasteiger partial charge in [0.15, 0.2) is 0 Å². The Labute approximate surface area is 125 Å². The van der Waals surface area contributed by atoms with Crippen LogP contribution in [0.15, 0.2) is 30.5 Å². The molecule has 110 valence electrons. The van der Waals surface area contributed by atoms with Crippen LogP contribution < -0.4 is 11.1 Å². The first-order valence-corrected chi connectivity index (χ1v) is 7.95. The molecule has 0 saturated carbocycles. The van der Waals surface area contributed by atoms with Gasteiger partial charge in [0.2, 0.25) is 0 Å². The monoisotopic (exact) mass is 282 g/mol. The smallest absolute Gasteiger partial charge is 0.0724 e. The van der Waals surface area contributed by atoms with Gasteiger partial charge >= 0.3 is 0 Å². The Bertz CT molecular complexity index is 654. The molecule has 2 saturated heterocycles. The van der Waals surface area contributed by atoms with Crippen molar-refractivity contribution < 1.29 is 0 Å². The molecule has 2 aromatic rings. The van der Waals surface area contributed by atoms with Crippen LogP contribution in [0.1, 0.15) is 25.7 Å². The molecule has 4 rings (SSSR count). The Morgan fingerprint density at radius 2 is 2.14 bits per heavy atom. The summed E-state index contributed by atoms with van der Waals surface area (Å²) in [5.41, 5.74) is 9.18. The molecular weight excluding hydrogens is 260 g/mol. The van der Waals surface area contributed by atoms with Gasteiger partial charge in [-0.05, 0) is 56.5 Å². The first-order chi connectivity index (χ1) is 10.3. The quantitative estimate of drug-likeness (QED) is 0.832. The van der Waals surface area contributed by atoms with Crippen molar-refractivity contribution in [2.75, 3.05) is 24.1 Å². The summed E-state index contributed by atoms with van der Waals surface area (Å²) in [6, 6.07) is 9.44. The van der Waals surface area contributed by atoms with Crippen LogP contribution >= 0.6 is 0 Å². The van der Waals surface area contributed by atoms with Crippen molar-refractivity contribution in [2.24, 2.45) is 0 Å². The number of rotatable bonds is 2. The SMILES string of the molecule is Nc1c(NC2CCN3CCCC3C2)ccc2ncccc12. The van der Waals surface area contributed by atoms with Crippen LogP contribution in [0.25, 0.3) is 10.9 Å². The van der Waals surface area contributed by atoms with Crippen molar-refractivity contribution in [1.29, 1.82) is 0 Å². The molecule has 3 N–H and O–H groups in total. The zero-order chi connectivity index (χ0) is 14.2. The Kier molecular flexibility index (Phi) is 3.19. The Morgan fingerprint density at radius 3 is 3.10 bits per heavy atom. The van der Waals surface area contributed by atoms with Crippen molar-refractivity contribution in [1.82, 2.24) is 9.88 Å². The highest BCUT2D eigenvalue weighted by Gasteiger charge is 2.31. The average molecular weight is 282 g/mol. The van der Waals surface area contributed by atoms with E-state index in [4.69, 9.17) is 5.73 Å². The lowest BCUT2D eigenvalue weighted by molar-refractivity contribution is 0.188. The third kappa shape index (κ3) is 2.33. The lowest BCUT2D eigenvalue weighted by atomic mass is 9.97. The van der Waals surface area contributed by atoms with Crippen molar-refractivity contribution in [3.05, 3.63) is 30.5 Å². The van der Waals surface area contributed by atoms with E-state index in [1.54, 1.807) is 0 Å². The summed E-state index contributed by atoms with van der Waals surface area (Å²) >= 11 is 0. The fourth-order valence-electron chi connectivity index (χ4n) is 3.88. The number of hydrogen-bond donors (Lipinski definition) is 2. The Morgan fingerprint density at radius 1 is 1.19 bits per heavy atom. The molecule has 4 heteroatoms. The average Bonchev–Trinajstić information content (AvgIpc) is 2.98. The van der Waals surface area contributed by atoms with Crippen LogP contribution in [0.2, 0.25) is 0 Å². The summed E-state index contributed by atoms with van der Waals surface area (Å²) in [6.07, 6.45) is 6.98. The van der Waals surface area contributed by atoms with E-state index in [9.17, 15) is 0 Å². The molecule has 3 heterocycles. The van der Waals surface area contributed by atoms with Gasteiger partial charge in [0, 0.05) is 30.2 Å². The van der Waals surface area contributed by atoms with Gasteiger partial charge in [-0.25, -0.2) is 0 Å². The molecule has 2 fully saturated rings. The third-order valence-corrected chi connectivity index (χ3v) is 5.01. The largest absolute Gasteiger partial charge is 0.397 e. The van der Waals surface area contributed by atoms with Crippen LogP contribution in [-0.4, -0.2) is 35.1 Å². The number of nitrogen functional groups attached to an aromatic ring is 1. The fourth-order valence-corrected chi connectivity index (χ4v) is 3.88. The first kappa shape index (κ1) is 12.9. The molecule has 0 radical (unpaired) electrons. The number of fused-ring (bicyclic) bond motifs is 2. The second kappa shape index (κ2) is 5.19. The van der Waals surface area contributed by atoms with E-state index in [1.165, 1.54) is 38.8 Å². The number of anilines is 2. The molecule has 0 aliphatic carbocycles. The van der Waals surface area contributed by atoms with E-state index in [2.05, 4.69) is 27.3 Å². The van der Waals surface area contributed by atoms with Crippen LogP contribution in [0.3, 0.4) is 0 Å². The number of pyridine rings is 1. The highest BCUT2D eigenvalue weighted by atomic mass is 15.2. The van der Waals surface area contributed by atoms with Crippen LogP contribution in [0.5, 0.6) is 0 Å². The van der Waals surface area contributed by atoms with Gasteiger partial charge in [-0.3, -0.25) is 4.98 Å². The lowest BCUT2D eigenvalue weighted by Gasteiger charge is -2.35. The van der Waals surface area contributed by atoms with Gasteiger partial charge in [0.05, 0.1) is 16.9 Å². The van der Waals surface area contributed by atoms with Crippen molar-refractivity contribution >= 4 is 22.3 Å². The Balaban J connectivity index is 1.55. The second-order valence-corrected chi connectivity index (χ2v) is 6.29. The van der Waals surface area contributed by atoms with Crippen LogP contribution in [0, 0.1) is 0 Å². The number of benzene rings is 1. The van der Waals surface area contributed by atoms with E-state index >= 15 is 0 Å². The molecule has 2 atom stereocenters. The molecule has 0 amide bonds. The van der Waals surface area contributed by atoms with E-state index in [1.807, 2.05) is 18.3 Å². The highest BCUT2D eigenvalue weighted by molar-refractivity contribution is 5.96. The highest BCUT2D eigenvalue weighted by Crippen LogP contribution is 2.32. The molecule has 0 bridgehead atoms. The summed E-state index contributed by atoms with van der Waals surface area (Å²) in [5, 5.41) is 4.72. The van der Waals surface area contributed by atoms with E-state index < -0.39 is 0 Å². The minimum Gasteiger partial charge on any atom is -0.397 e. The number of piperidine rings is 1. The normalized spacial score (nSPS) is 25.9. The van der Waals surface area contributed by atoms with E-state index in [0.717, 1.165) is 28.3 Å². The third-order valence-electron chi connectivity index (χ3n) is 5.01. The van der Waals surface area contributed by atoms with Gasteiger partial charge in [-0.1, -0.05) is 0 Å². The lowest BCUT2D eigenvalue weighted by Crippen LogP contribution is -2.42. The second-order valence-electron chi connectivity index (χ2n) is 6.29. The zero-order valence-corrected chi connectivity index (χ0v) is 12.3. The molecular formula is C17H22N4. The van der Waals surface area contributed by atoms with Crippen molar-refractivity contribution in [2.45, 2.75) is 37.8 Å². The summed E-state index contributed by atoms with van der Waals surface area (Å²) in [7, 11) is 0. The maximum Gasteiger partial charge on any atom is 0.0724 e. The van der Waals surface area contributed by atoms with Gasteiger partial charge in [0.1, 0.15) is 0 Å². The number of nitrogens with one attached hydrogen (secondary N) is 1. The summed E-state index contributed by atoms with van der Waals surface area (Å²) in [4.78, 5) is 7.00. The zero-order valence-electron chi connectivity index (χ0n) is 12.3. The maximum atomic E-state index is 6.33. The molecule has 2 aliphatic heterocycles. The van der Waals surface area contributed by atoms with Crippen LogP contribution in [-0.2, 0) is 0 Å². The number of nitrogens with zero attached hydrogens (tertiary/aromatic N) is 2. The minimum absolute atomic E-state index is 0.542. The molecule has 21 heavy (non-hydrogen) atoms. The molecule has 4 nitrogen and oxygen atoms in total. The first-order valence-electron chi connectivity index (χ1n) is 7.95.